The van der Waals surface area contributed by atoms with E-state index in [-0.39, 0.29) is 23.3 Å². The molecule has 0 atom stereocenters. The van der Waals surface area contributed by atoms with E-state index in [2.05, 4.69) is 22.5 Å². The van der Waals surface area contributed by atoms with Gasteiger partial charge < -0.3 is 20.6 Å². The molecule has 2 aromatic heterocycles. The molecule has 0 saturated heterocycles. The minimum atomic E-state index is -0.728. The van der Waals surface area contributed by atoms with Crippen LogP contribution in [0, 0.1) is 19.7 Å². The van der Waals surface area contributed by atoms with Crippen molar-refractivity contribution in [1.29, 1.82) is 0 Å². The highest BCUT2D eigenvalue weighted by molar-refractivity contribution is 7.15. The molecule has 3 amide bonds. The Labute approximate surface area is 271 Å². The lowest BCUT2D eigenvalue weighted by atomic mass is 10.1. The maximum Gasteiger partial charge on any atom is 0.265 e. The Balaban J connectivity index is 1.39. The minimum absolute atomic E-state index is 0.185. The van der Waals surface area contributed by atoms with Crippen molar-refractivity contribution in [1.82, 2.24) is 9.88 Å². The smallest absolute Gasteiger partial charge is 0.265 e. The number of unbranched alkanes of at least 4 members (excludes halogenated alkanes) is 1. The number of hydrogen-bond acceptors (Lipinski definition) is 6. The second-order valence-electron chi connectivity index (χ2n) is 11.1. The highest BCUT2D eigenvalue weighted by Gasteiger charge is 2.27. The summed E-state index contributed by atoms with van der Waals surface area (Å²) in [4.78, 5) is 47.1. The maximum absolute atomic E-state index is 14.3. The van der Waals surface area contributed by atoms with E-state index in [0.29, 0.717) is 40.4 Å². The summed E-state index contributed by atoms with van der Waals surface area (Å²) in [7, 11) is 0. The van der Waals surface area contributed by atoms with Gasteiger partial charge in [-0.2, -0.15) is 0 Å². The van der Waals surface area contributed by atoms with Crippen LogP contribution in [0.4, 0.5) is 15.8 Å². The van der Waals surface area contributed by atoms with Crippen molar-refractivity contribution in [3.05, 3.63) is 122 Å². The molecule has 8 nitrogen and oxygen atoms in total. The molecule has 4 aromatic rings. The average Bonchev–Trinajstić information content (AvgIpc) is 3.42. The number of aromatic hydroxyl groups is 1. The normalized spacial score (nSPS) is 13.0. The van der Waals surface area contributed by atoms with Crippen molar-refractivity contribution in [3.8, 4) is 5.75 Å². The van der Waals surface area contributed by atoms with Gasteiger partial charge in [-0.25, -0.2) is 4.39 Å². The number of allylic oxidation sites excluding steroid dienone is 3. The van der Waals surface area contributed by atoms with Gasteiger partial charge in [0.25, 0.3) is 17.7 Å². The van der Waals surface area contributed by atoms with Crippen LogP contribution in [-0.4, -0.2) is 39.3 Å². The lowest BCUT2D eigenvalue weighted by Gasteiger charge is -2.24. The molecule has 0 unspecified atom stereocenters. The lowest BCUT2D eigenvalue weighted by molar-refractivity contribution is 0.0813. The van der Waals surface area contributed by atoms with E-state index in [9.17, 15) is 23.9 Å². The number of halogens is 1. The number of nitrogens with zero attached hydrogens (tertiary/aromatic N) is 2. The number of anilines is 2. The molecular weight excluding hydrogens is 603 g/mol. The van der Waals surface area contributed by atoms with Crippen molar-refractivity contribution < 1.29 is 23.9 Å². The SMILES string of the molecule is CCC/C=C\C1=C(C)c2sc(C(=O)Nc3c(O)cccc3F)cc2CCN1C(=O)c1ccc(NC(=O)c2cc(C)cnc2C)cc1. The van der Waals surface area contributed by atoms with Gasteiger partial charge in [0.15, 0.2) is 5.82 Å². The number of amides is 3. The van der Waals surface area contributed by atoms with Crippen LogP contribution in [0.3, 0.4) is 0 Å². The summed E-state index contributed by atoms with van der Waals surface area (Å²) in [6, 6.07) is 14.2. The number of phenolic OH excluding ortho intramolecular Hbond substituents is 1. The topological polar surface area (TPSA) is 112 Å². The number of nitrogens with one attached hydrogen (secondary N) is 2. The summed E-state index contributed by atoms with van der Waals surface area (Å²) in [5.41, 5.74) is 5.25. The molecule has 1 aliphatic rings. The molecule has 3 N–H and O–H groups in total. The van der Waals surface area contributed by atoms with E-state index in [1.165, 1.54) is 29.5 Å². The summed E-state index contributed by atoms with van der Waals surface area (Å²) in [6.07, 6.45) is 7.98. The highest BCUT2D eigenvalue weighted by atomic mass is 32.1. The fourth-order valence-electron chi connectivity index (χ4n) is 5.23. The van der Waals surface area contributed by atoms with Crippen molar-refractivity contribution in [3.63, 3.8) is 0 Å². The molecule has 0 fully saturated rings. The second kappa shape index (κ2) is 13.9. The van der Waals surface area contributed by atoms with E-state index in [4.69, 9.17) is 0 Å². The molecule has 1 aliphatic heterocycles. The summed E-state index contributed by atoms with van der Waals surface area (Å²) in [5, 5.41) is 15.4. The molecule has 2 aromatic carbocycles. The minimum Gasteiger partial charge on any atom is -0.506 e. The summed E-state index contributed by atoms with van der Waals surface area (Å²) in [5.74, 6) is -2.06. The first-order valence-corrected chi connectivity index (χ1v) is 15.8. The molecule has 10 heteroatoms. The van der Waals surface area contributed by atoms with E-state index in [1.54, 1.807) is 54.4 Å². The molecule has 236 valence electrons. The van der Waals surface area contributed by atoms with Gasteiger partial charge in [-0.05, 0) is 105 Å². The number of aromatic nitrogens is 1. The van der Waals surface area contributed by atoms with Crippen LogP contribution >= 0.6 is 11.3 Å². The number of carbonyl (C=O) groups excluding carboxylic acids is 3. The maximum atomic E-state index is 14.3. The first kappa shape index (κ1) is 32.3. The van der Waals surface area contributed by atoms with Crippen LogP contribution in [0.1, 0.15) is 78.8 Å². The van der Waals surface area contributed by atoms with E-state index < -0.39 is 11.7 Å². The van der Waals surface area contributed by atoms with Crippen molar-refractivity contribution >= 4 is 46.0 Å². The number of benzene rings is 2. The molecule has 0 spiro atoms. The molecule has 0 radical (unpaired) electrons. The van der Waals surface area contributed by atoms with Gasteiger partial charge in [-0.1, -0.05) is 25.5 Å². The van der Waals surface area contributed by atoms with Gasteiger partial charge in [0.1, 0.15) is 11.4 Å². The standard InChI is InChI=1S/C36H35FN4O4S/c1-5-6-7-10-29-22(3)33-25(19-31(46-33)35(44)40-32-28(37)9-8-11-30(32)42)16-17-41(29)36(45)24-12-14-26(15-13-24)39-34(43)27-18-21(2)20-38-23(27)4/h7-15,18-20,42H,5-6,16-17H2,1-4H3,(H,39,43)(H,40,44)/b10-7-. The van der Waals surface area contributed by atoms with Gasteiger partial charge in [-0.15, -0.1) is 11.3 Å². The van der Waals surface area contributed by atoms with Gasteiger partial charge in [-0.3, -0.25) is 19.4 Å². The number of pyridine rings is 1. The van der Waals surface area contributed by atoms with Crippen LogP contribution in [-0.2, 0) is 6.42 Å². The van der Waals surface area contributed by atoms with Crippen LogP contribution in [0.5, 0.6) is 5.75 Å². The molecule has 0 aliphatic carbocycles. The highest BCUT2D eigenvalue weighted by Crippen LogP contribution is 2.37. The third-order valence-electron chi connectivity index (χ3n) is 7.72. The first-order chi connectivity index (χ1) is 22.1. The van der Waals surface area contributed by atoms with Crippen molar-refractivity contribution in [2.75, 3.05) is 17.2 Å². The fourth-order valence-corrected chi connectivity index (χ4v) is 6.35. The van der Waals surface area contributed by atoms with Gasteiger partial charge >= 0.3 is 0 Å². The molecule has 3 heterocycles. The third kappa shape index (κ3) is 6.92. The average molecular weight is 639 g/mol. The molecule has 46 heavy (non-hydrogen) atoms. The van der Waals surface area contributed by atoms with Crippen LogP contribution in [0.15, 0.2) is 78.6 Å². The molecule has 5 rings (SSSR count). The Morgan fingerprint density at radius 2 is 1.80 bits per heavy atom. The first-order valence-electron chi connectivity index (χ1n) is 15.0. The van der Waals surface area contributed by atoms with Crippen LogP contribution < -0.4 is 10.6 Å². The van der Waals surface area contributed by atoms with E-state index in [1.807, 2.05) is 26.0 Å². The second-order valence-corrected chi connectivity index (χ2v) is 12.2. The van der Waals surface area contributed by atoms with Gasteiger partial charge in [0, 0.05) is 40.3 Å². The Morgan fingerprint density at radius 3 is 2.52 bits per heavy atom. The Hall–Kier alpha value is -5.09. The predicted molar refractivity (Wildman–Crippen MR) is 180 cm³/mol. The van der Waals surface area contributed by atoms with Gasteiger partial charge in [0.05, 0.1) is 10.4 Å². The van der Waals surface area contributed by atoms with Crippen LogP contribution in [0.2, 0.25) is 0 Å². The number of thiophene rings is 1. The predicted octanol–water partition coefficient (Wildman–Crippen LogP) is 7.90. The Bertz CT molecular complexity index is 1860. The Kier molecular flexibility index (Phi) is 9.77. The molecule has 0 bridgehead atoms. The summed E-state index contributed by atoms with van der Waals surface area (Å²) in [6.45, 7) is 8.04. The van der Waals surface area contributed by atoms with E-state index in [0.717, 1.165) is 40.1 Å². The Morgan fingerprint density at radius 1 is 1.04 bits per heavy atom. The van der Waals surface area contributed by atoms with E-state index >= 15 is 0 Å². The number of fused-ring (bicyclic) bond motifs is 1. The lowest BCUT2D eigenvalue weighted by Crippen LogP contribution is -2.31. The fraction of sp³-hybridized carbons (Fsp3) is 0.222. The molecule has 0 saturated carbocycles. The zero-order chi connectivity index (χ0) is 33.0. The summed E-state index contributed by atoms with van der Waals surface area (Å²) >= 11 is 1.27. The zero-order valence-corrected chi connectivity index (χ0v) is 26.9. The monoisotopic (exact) mass is 638 g/mol. The molecular formula is C36H35FN4O4S. The number of para-hydroxylation sites is 1. The van der Waals surface area contributed by atoms with Crippen molar-refractivity contribution in [2.24, 2.45) is 0 Å². The van der Waals surface area contributed by atoms with Crippen molar-refractivity contribution in [2.45, 2.75) is 47.0 Å². The zero-order valence-electron chi connectivity index (χ0n) is 26.1. The largest absolute Gasteiger partial charge is 0.506 e. The number of aryl methyl sites for hydroxylation is 2. The van der Waals surface area contributed by atoms with Gasteiger partial charge in [0.2, 0.25) is 0 Å². The number of hydrogen-bond donors (Lipinski definition) is 3. The van der Waals surface area contributed by atoms with Crippen LogP contribution in [0.25, 0.3) is 5.57 Å². The summed E-state index contributed by atoms with van der Waals surface area (Å²) < 4.78 is 14.3. The number of carbonyl (C=O) groups is 3. The third-order valence-corrected chi connectivity index (χ3v) is 9.01. The quantitative estimate of drug-likeness (QED) is 0.170. The number of rotatable bonds is 8. The number of phenols is 1.